The molecule has 0 N–H and O–H groups in total. The summed E-state index contributed by atoms with van der Waals surface area (Å²) in [7, 11) is 0. The van der Waals surface area contributed by atoms with Gasteiger partial charge in [0.25, 0.3) is 0 Å². The Hall–Kier alpha value is -0.640. The molecule has 2 unspecified atom stereocenters. The summed E-state index contributed by atoms with van der Waals surface area (Å²) in [5.41, 5.74) is 0. The first-order valence-electron chi connectivity index (χ1n) is 4.96. The molecule has 3 nitrogen and oxygen atoms in total. The van der Waals surface area contributed by atoms with Gasteiger partial charge in [0, 0.05) is 12.1 Å². The molecule has 0 amide bonds. The second kappa shape index (κ2) is 3.85. The standard InChI is InChI=1S/C10H14BrN3/c1-7-3-4-8(2)14(7)10-6-5-9(11)12-13-10/h5-8H,3-4H2,1-2H3. The van der Waals surface area contributed by atoms with Crippen molar-refractivity contribution in [3.8, 4) is 0 Å². The zero-order chi connectivity index (χ0) is 10.1. The number of rotatable bonds is 1. The molecule has 1 aromatic heterocycles. The molecular weight excluding hydrogens is 242 g/mol. The van der Waals surface area contributed by atoms with Crippen molar-refractivity contribution in [1.82, 2.24) is 10.2 Å². The highest BCUT2D eigenvalue weighted by Crippen LogP contribution is 2.28. The van der Waals surface area contributed by atoms with Gasteiger partial charge in [0.15, 0.2) is 5.82 Å². The van der Waals surface area contributed by atoms with Crippen LogP contribution in [0.5, 0.6) is 0 Å². The topological polar surface area (TPSA) is 29.0 Å². The average Bonchev–Trinajstić information content (AvgIpc) is 2.49. The summed E-state index contributed by atoms with van der Waals surface area (Å²) in [5.74, 6) is 0.991. The van der Waals surface area contributed by atoms with E-state index in [0.717, 1.165) is 10.4 Å². The smallest absolute Gasteiger partial charge is 0.151 e. The first-order chi connectivity index (χ1) is 6.68. The van der Waals surface area contributed by atoms with Crippen LogP contribution < -0.4 is 4.90 Å². The highest BCUT2D eigenvalue weighted by molar-refractivity contribution is 9.10. The van der Waals surface area contributed by atoms with Crippen LogP contribution in [-0.2, 0) is 0 Å². The maximum atomic E-state index is 4.19. The number of nitrogens with zero attached hydrogens (tertiary/aromatic N) is 3. The number of halogens is 1. The van der Waals surface area contributed by atoms with E-state index >= 15 is 0 Å². The van der Waals surface area contributed by atoms with Crippen LogP contribution in [0.15, 0.2) is 16.7 Å². The van der Waals surface area contributed by atoms with Crippen LogP contribution >= 0.6 is 15.9 Å². The molecule has 1 fully saturated rings. The van der Waals surface area contributed by atoms with Gasteiger partial charge in [-0.25, -0.2) is 0 Å². The van der Waals surface area contributed by atoms with E-state index in [2.05, 4.69) is 44.9 Å². The van der Waals surface area contributed by atoms with Crippen molar-refractivity contribution in [1.29, 1.82) is 0 Å². The molecular formula is C10H14BrN3. The molecule has 14 heavy (non-hydrogen) atoms. The highest BCUT2D eigenvalue weighted by Gasteiger charge is 2.28. The molecule has 1 aliphatic rings. The largest absolute Gasteiger partial charge is 0.350 e. The lowest BCUT2D eigenvalue weighted by atomic mass is 10.2. The summed E-state index contributed by atoms with van der Waals surface area (Å²) in [6.45, 7) is 4.49. The number of hydrogen-bond donors (Lipinski definition) is 0. The van der Waals surface area contributed by atoms with Crippen molar-refractivity contribution in [2.24, 2.45) is 0 Å². The normalized spacial score (nSPS) is 26.9. The van der Waals surface area contributed by atoms with Crippen LogP contribution in [-0.4, -0.2) is 22.3 Å². The molecule has 2 atom stereocenters. The summed E-state index contributed by atoms with van der Waals surface area (Å²) in [6, 6.07) is 5.14. The summed E-state index contributed by atoms with van der Waals surface area (Å²) in [5, 5.41) is 8.21. The molecule has 0 spiro atoms. The van der Waals surface area contributed by atoms with E-state index in [-0.39, 0.29) is 0 Å². The van der Waals surface area contributed by atoms with Gasteiger partial charge in [0.05, 0.1) is 0 Å². The van der Waals surface area contributed by atoms with Crippen LogP contribution in [0.2, 0.25) is 0 Å². The van der Waals surface area contributed by atoms with Crippen molar-refractivity contribution in [3.05, 3.63) is 16.7 Å². The van der Waals surface area contributed by atoms with Gasteiger partial charge >= 0.3 is 0 Å². The summed E-state index contributed by atoms with van der Waals surface area (Å²) < 4.78 is 0.792. The van der Waals surface area contributed by atoms with E-state index in [1.165, 1.54) is 12.8 Å². The van der Waals surface area contributed by atoms with Crippen molar-refractivity contribution >= 4 is 21.7 Å². The summed E-state index contributed by atoms with van der Waals surface area (Å²) in [4.78, 5) is 2.35. The molecule has 4 heteroatoms. The lowest BCUT2D eigenvalue weighted by Crippen LogP contribution is -2.33. The predicted octanol–water partition coefficient (Wildman–Crippen LogP) is 2.62. The molecule has 2 rings (SSSR count). The van der Waals surface area contributed by atoms with Crippen molar-refractivity contribution in [2.45, 2.75) is 38.8 Å². The maximum absolute atomic E-state index is 4.19. The molecule has 0 saturated carbocycles. The molecule has 1 aliphatic heterocycles. The van der Waals surface area contributed by atoms with Crippen molar-refractivity contribution in [2.75, 3.05) is 4.90 Å². The van der Waals surface area contributed by atoms with Crippen LogP contribution in [0.25, 0.3) is 0 Å². The number of aromatic nitrogens is 2. The van der Waals surface area contributed by atoms with Gasteiger partial charge in [-0.15, -0.1) is 10.2 Å². The van der Waals surface area contributed by atoms with Gasteiger partial charge in [-0.05, 0) is 54.8 Å². The molecule has 0 aromatic carbocycles. The number of anilines is 1. The average molecular weight is 256 g/mol. The Morgan fingerprint density at radius 3 is 2.36 bits per heavy atom. The lowest BCUT2D eigenvalue weighted by molar-refractivity contribution is 0.675. The third-order valence-corrected chi connectivity index (χ3v) is 3.26. The van der Waals surface area contributed by atoms with Crippen LogP contribution in [0.1, 0.15) is 26.7 Å². The molecule has 0 aliphatic carbocycles. The van der Waals surface area contributed by atoms with E-state index in [1.54, 1.807) is 0 Å². The molecule has 1 saturated heterocycles. The quantitative estimate of drug-likeness (QED) is 0.773. The minimum atomic E-state index is 0.584. The second-order valence-electron chi connectivity index (χ2n) is 3.90. The fraction of sp³-hybridized carbons (Fsp3) is 0.600. The maximum Gasteiger partial charge on any atom is 0.151 e. The minimum absolute atomic E-state index is 0.584. The first kappa shape index (κ1) is 9.90. The van der Waals surface area contributed by atoms with Crippen LogP contribution in [0.4, 0.5) is 5.82 Å². The Morgan fingerprint density at radius 2 is 1.86 bits per heavy atom. The Balaban J connectivity index is 2.25. The zero-order valence-corrected chi connectivity index (χ0v) is 10.0. The fourth-order valence-corrected chi connectivity index (χ4v) is 2.30. The third-order valence-electron chi connectivity index (χ3n) is 2.83. The number of hydrogen-bond acceptors (Lipinski definition) is 3. The van der Waals surface area contributed by atoms with E-state index in [1.807, 2.05) is 12.1 Å². The van der Waals surface area contributed by atoms with E-state index in [4.69, 9.17) is 0 Å². The summed E-state index contributed by atoms with van der Waals surface area (Å²) in [6.07, 6.45) is 2.50. The first-order valence-corrected chi connectivity index (χ1v) is 5.75. The zero-order valence-electron chi connectivity index (χ0n) is 8.44. The molecule has 0 radical (unpaired) electrons. The van der Waals surface area contributed by atoms with Crippen molar-refractivity contribution in [3.63, 3.8) is 0 Å². The third kappa shape index (κ3) is 1.75. The van der Waals surface area contributed by atoms with E-state index < -0.39 is 0 Å². The van der Waals surface area contributed by atoms with Gasteiger partial charge in [-0.1, -0.05) is 0 Å². The second-order valence-corrected chi connectivity index (χ2v) is 4.71. The van der Waals surface area contributed by atoms with Crippen LogP contribution in [0.3, 0.4) is 0 Å². The van der Waals surface area contributed by atoms with E-state index in [9.17, 15) is 0 Å². The van der Waals surface area contributed by atoms with Crippen LogP contribution in [0, 0.1) is 0 Å². The Labute approximate surface area is 92.7 Å². The fourth-order valence-electron chi connectivity index (χ4n) is 2.09. The van der Waals surface area contributed by atoms with Gasteiger partial charge < -0.3 is 4.90 Å². The highest BCUT2D eigenvalue weighted by atomic mass is 79.9. The molecule has 0 bridgehead atoms. The van der Waals surface area contributed by atoms with Gasteiger partial charge in [-0.3, -0.25) is 0 Å². The van der Waals surface area contributed by atoms with E-state index in [0.29, 0.717) is 12.1 Å². The molecule has 76 valence electrons. The molecule has 2 heterocycles. The Kier molecular flexibility index (Phi) is 2.72. The Bertz CT molecular complexity index is 302. The monoisotopic (exact) mass is 255 g/mol. The van der Waals surface area contributed by atoms with Gasteiger partial charge in [0.1, 0.15) is 4.60 Å². The predicted molar refractivity (Wildman–Crippen MR) is 60.4 cm³/mol. The van der Waals surface area contributed by atoms with Crippen molar-refractivity contribution < 1.29 is 0 Å². The van der Waals surface area contributed by atoms with Gasteiger partial charge in [0.2, 0.25) is 0 Å². The van der Waals surface area contributed by atoms with Gasteiger partial charge in [-0.2, -0.15) is 0 Å². The minimum Gasteiger partial charge on any atom is -0.350 e. The lowest BCUT2D eigenvalue weighted by Gasteiger charge is -2.26. The summed E-state index contributed by atoms with van der Waals surface area (Å²) >= 11 is 3.29. The SMILES string of the molecule is CC1CCC(C)N1c1ccc(Br)nn1. The Morgan fingerprint density at radius 1 is 1.21 bits per heavy atom. The molecule has 1 aromatic rings.